The van der Waals surface area contributed by atoms with Crippen molar-refractivity contribution in [3.8, 4) is 0 Å². The predicted octanol–water partition coefficient (Wildman–Crippen LogP) is 2.56. The van der Waals surface area contributed by atoms with Crippen molar-refractivity contribution < 1.29 is 19.1 Å². The van der Waals surface area contributed by atoms with E-state index < -0.39 is 5.41 Å². The summed E-state index contributed by atoms with van der Waals surface area (Å²) in [5.74, 6) is -0.284. The molecule has 0 aliphatic heterocycles. The van der Waals surface area contributed by atoms with Gasteiger partial charge in [0.15, 0.2) is 5.41 Å². The van der Waals surface area contributed by atoms with Crippen molar-refractivity contribution in [3.63, 3.8) is 0 Å². The van der Waals surface area contributed by atoms with Crippen molar-refractivity contribution >= 4 is 11.9 Å². The molecule has 0 aromatic carbocycles. The molecule has 4 nitrogen and oxygen atoms in total. The van der Waals surface area contributed by atoms with E-state index in [9.17, 15) is 9.59 Å². The number of carbonyl (C=O) groups excluding carboxylic acids is 2. The van der Waals surface area contributed by atoms with Crippen molar-refractivity contribution in [2.45, 2.75) is 47.0 Å². The molecule has 4 heteroatoms. The fourth-order valence-electron chi connectivity index (χ4n) is 4.31. The maximum atomic E-state index is 12.6. The summed E-state index contributed by atoms with van der Waals surface area (Å²) in [6.07, 6.45) is 2.95. The van der Waals surface area contributed by atoms with Crippen LogP contribution in [0.2, 0.25) is 0 Å². The number of rotatable bonds is 4. The summed E-state index contributed by atoms with van der Waals surface area (Å²) in [6, 6.07) is 0. The zero-order chi connectivity index (χ0) is 14.3. The van der Waals surface area contributed by atoms with Crippen LogP contribution in [0.15, 0.2) is 0 Å². The van der Waals surface area contributed by atoms with Crippen LogP contribution in [-0.4, -0.2) is 25.2 Å². The maximum Gasteiger partial charge on any atom is 0.324 e. The first-order valence-corrected chi connectivity index (χ1v) is 7.27. The Morgan fingerprint density at radius 2 is 1.47 bits per heavy atom. The molecular formula is C15H24O4. The Morgan fingerprint density at radius 1 is 1.00 bits per heavy atom. The van der Waals surface area contributed by atoms with E-state index in [2.05, 4.69) is 0 Å². The number of carbonyl (C=O) groups is 2. The molecule has 2 aliphatic rings. The van der Waals surface area contributed by atoms with Crippen LogP contribution < -0.4 is 0 Å². The van der Waals surface area contributed by atoms with Gasteiger partial charge in [0.25, 0.3) is 0 Å². The van der Waals surface area contributed by atoms with Crippen LogP contribution in [0.5, 0.6) is 0 Å². The van der Waals surface area contributed by atoms with Crippen molar-refractivity contribution in [1.82, 2.24) is 0 Å². The number of ether oxygens (including phenoxy) is 2. The van der Waals surface area contributed by atoms with Gasteiger partial charge < -0.3 is 9.47 Å². The Kier molecular flexibility index (Phi) is 3.63. The third-order valence-electron chi connectivity index (χ3n) is 5.28. The van der Waals surface area contributed by atoms with Crippen molar-refractivity contribution in [2.24, 2.45) is 22.7 Å². The second-order valence-electron chi connectivity index (χ2n) is 6.18. The van der Waals surface area contributed by atoms with Gasteiger partial charge in [0, 0.05) is 0 Å². The Labute approximate surface area is 114 Å². The molecule has 0 radical (unpaired) electrons. The first-order chi connectivity index (χ1) is 8.92. The lowest BCUT2D eigenvalue weighted by Crippen LogP contribution is -2.55. The van der Waals surface area contributed by atoms with Crippen LogP contribution in [0.3, 0.4) is 0 Å². The lowest BCUT2D eigenvalue weighted by molar-refractivity contribution is -0.187. The van der Waals surface area contributed by atoms with Gasteiger partial charge in [-0.05, 0) is 50.4 Å². The second-order valence-corrected chi connectivity index (χ2v) is 6.18. The molecule has 2 atom stereocenters. The third kappa shape index (κ3) is 1.72. The number of esters is 2. The Balaban J connectivity index is 2.45. The van der Waals surface area contributed by atoms with Crippen LogP contribution >= 0.6 is 0 Å². The Morgan fingerprint density at radius 3 is 1.84 bits per heavy atom. The van der Waals surface area contributed by atoms with E-state index in [1.54, 1.807) is 13.8 Å². The smallest absolute Gasteiger partial charge is 0.324 e. The summed E-state index contributed by atoms with van der Waals surface area (Å²) >= 11 is 0. The minimum Gasteiger partial charge on any atom is -0.465 e. The predicted molar refractivity (Wildman–Crippen MR) is 70.3 cm³/mol. The molecular weight excluding hydrogens is 244 g/mol. The van der Waals surface area contributed by atoms with Crippen molar-refractivity contribution in [3.05, 3.63) is 0 Å². The normalized spacial score (nSPS) is 30.1. The molecule has 2 bridgehead atoms. The Hall–Kier alpha value is -1.06. The average Bonchev–Trinajstić information content (AvgIpc) is 2.87. The lowest BCUT2D eigenvalue weighted by atomic mass is 9.57. The van der Waals surface area contributed by atoms with Gasteiger partial charge in [-0.1, -0.05) is 13.8 Å². The van der Waals surface area contributed by atoms with Gasteiger partial charge in [-0.15, -0.1) is 0 Å². The minimum absolute atomic E-state index is 0.0746. The van der Waals surface area contributed by atoms with Gasteiger partial charge in [0.1, 0.15) is 0 Å². The zero-order valence-electron chi connectivity index (χ0n) is 12.3. The van der Waals surface area contributed by atoms with Gasteiger partial charge in [-0.2, -0.15) is 0 Å². The molecule has 0 N–H and O–H groups in total. The highest BCUT2D eigenvalue weighted by atomic mass is 16.6. The molecule has 108 valence electrons. The van der Waals surface area contributed by atoms with E-state index in [4.69, 9.17) is 9.47 Å². The molecule has 2 aliphatic carbocycles. The van der Waals surface area contributed by atoms with Crippen LogP contribution in [-0.2, 0) is 19.1 Å². The lowest BCUT2D eigenvalue weighted by Gasteiger charge is -2.45. The topological polar surface area (TPSA) is 52.6 Å². The highest BCUT2D eigenvalue weighted by Gasteiger charge is 2.72. The van der Waals surface area contributed by atoms with Gasteiger partial charge in [-0.25, -0.2) is 0 Å². The van der Waals surface area contributed by atoms with E-state index in [0.717, 1.165) is 19.3 Å². The molecule has 2 unspecified atom stereocenters. The first-order valence-electron chi connectivity index (χ1n) is 7.27. The first kappa shape index (κ1) is 14.4. The van der Waals surface area contributed by atoms with Crippen LogP contribution in [0.25, 0.3) is 0 Å². The average molecular weight is 268 g/mol. The molecule has 0 aromatic rings. The summed E-state index contributed by atoms with van der Waals surface area (Å²) < 4.78 is 10.5. The van der Waals surface area contributed by atoms with Crippen LogP contribution in [0.4, 0.5) is 0 Å². The van der Waals surface area contributed by atoms with E-state index >= 15 is 0 Å². The monoisotopic (exact) mass is 268 g/mol. The largest absolute Gasteiger partial charge is 0.465 e. The summed E-state index contributed by atoms with van der Waals surface area (Å²) in [5, 5.41) is 0. The van der Waals surface area contributed by atoms with E-state index in [1.807, 2.05) is 13.8 Å². The minimum atomic E-state index is -1.10. The molecule has 0 aromatic heterocycles. The number of hydrogen-bond donors (Lipinski definition) is 0. The fraction of sp³-hybridized carbons (Fsp3) is 0.867. The highest BCUT2D eigenvalue weighted by molar-refractivity contribution is 6.02. The van der Waals surface area contributed by atoms with Crippen molar-refractivity contribution in [2.75, 3.05) is 13.2 Å². The van der Waals surface area contributed by atoms with Gasteiger partial charge in [0.2, 0.25) is 0 Å². The number of hydrogen-bond acceptors (Lipinski definition) is 4. The van der Waals surface area contributed by atoms with Crippen LogP contribution in [0.1, 0.15) is 47.0 Å². The Bertz CT molecular complexity index is 368. The molecule has 2 fully saturated rings. The quantitative estimate of drug-likeness (QED) is 0.581. The van der Waals surface area contributed by atoms with Gasteiger partial charge in [-0.3, -0.25) is 9.59 Å². The maximum absolute atomic E-state index is 12.6. The van der Waals surface area contributed by atoms with Crippen LogP contribution in [0, 0.1) is 22.7 Å². The molecule has 2 saturated carbocycles. The van der Waals surface area contributed by atoms with Gasteiger partial charge in [0.05, 0.1) is 13.2 Å². The molecule has 0 spiro atoms. The van der Waals surface area contributed by atoms with E-state index in [-0.39, 0.29) is 23.3 Å². The highest BCUT2D eigenvalue weighted by Crippen LogP contribution is 2.67. The molecule has 2 rings (SSSR count). The molecule has 0 heterocycles. The summed E-state index contributed by atoms with van der Waals surface area (Å²) in [6.45, 7) is 8.18. The molecule has 0 amide bonds. The molecule has 0 saturated heterocycles. The zero-order valence-corrected chi connectivity index (χ0v) is 12.3. The second kappa shape index (κ2) is 4.80. The fourth-order valence-corrected chi connectivity index (χ4v) is 4.31. The summed E-state index contributed by atoms with van der Waals surface area (Å²) in [4.78, 5) is 25.1. The summed E-state index contributed by atoms with van der Waals surface area (Å²) in [7, 11) is 0. The summed E-state index contributed by atoms with van der Waals surface area (Å²) in [5.41, 5.74) is -1.48. The van der Waals surface area contributed by atoms with Crippen molar-refractivity contribution in [1.29, 1.82) is 0 Å². The SMILES string of the molecule is CCOC(=O)C1(C(=O)OCC)C2CCC(C2)C1(C)C. The molecule has 19 heavy (non-hydrogen) atoms. The van der Waals surface area contributed by atoms with Gasteiger partial charge >= 0.3 is 11.9 Å². The van der Waals surface area contributed by atoms with E-state index in [0.29, 0.717) is 19.1 Å². The van der Waals surface area contributed by atoms with E-state index in [1.165, 1.54) is 0 Å². The standard InChI is InChI=1S/C15H24O4/c1-5-18-12(16)15(13(17)19-6-2)11-8-7-10(9-11)14(15,3)4/h10-11H,5-9H2,1-4H3. The number of fused-ring (bicyclic) bond motifs is 2. The third-order valence-corrected chi connectivity index (χ3v) is 5.28.